The van der Waals surface area contributed by atoms with Gasteiger partial charge in [0.1, 0.15) is 5.75 Å². The summed E-state index contributed by atoms with van der Waals surface area (Å²) in [6.07, 6.45) is 1.17. The summed E-state index contributed by atoms with van der Waals surface area (Å²) in [6.45, 7) is 6.13. The van der Waals surface area contributed by atoms with E-state index in [4.69, 9.17) is 0 Å². The number of nitrogens with one attached hydrogen (secondary N) is 1. The van der Waals surface area contributed by atoms with Crippen molar-refractivity contribution in [3.8, 4) is 5.75 Å². The molecule has 1 aromatic rings. The first-order valence-corrected chi connectivity index (χ1v) is 6.10. The van der Waals surface area contributed by atoms with E-state index in [9.17, 15) is 5.11 Å². The second kappa shape index (κ2) is 4.14. The lowest BCUT2D eigenvalue weighted by atomic mass is 9.92. The maximum Gasteiger partial charge on any atom is 0.133 e. The molecule has 3 heteroatoms. The van der Waals surface area contributed by atoms with E-state index in [1.165, 1.54) is 12.0 Å². The Morgan fingerprint density at radius 1 is 1.47 bits per heavy atom. The molecule has 1 fully saturated rings. The number of phenolic OH excluding ortho intramolecular Hbond substituents is 1. The molecule has 1 aromatic carbocycles. The van der Waals surface area contributed by atoms with Crippen LogP contribution in [0.4, 0.5) is 0 Å². The summed E-state index contributed by atoms with van der Waals surface area (Å²) in [5.41, 5.74) is 3.42. The van der Waals surface area contributed by atoms with E-state index in [2.05, 4.69) is 27.3 Å². The van der Waals surface area contributed by atoms with Crippen LogP contribution >= 0.6 is 15.9 Å². The molecule has 2 rings (SSSR count). The molecule has 1 heterocycles. The average Bonchev–Trinajstić information content (AvgIpc) is 2.73. The molecule has 15 heavy (non-hydrogen) atoms. The van der Waals surface area contributed by atoms with E-state index in [1.807, 2.05) is 13.8 Å². The van der Waals surface area contributed by atoms with Gasteiger partial charge < -0.3 is 10.4 Å². The van der Waals surface area contributed by atoms with Gasteiger partial charge in [0, 0.05) is 6.54 Å². The van der Waals surface area contributed by atoms with E-state index in [0.717, 1.165) is 28.7 Å². The molecule has 0 aromatic heterocycles. The highest BCUT2D eigenvalue weighted by Gasteiger charge is 2.21. The van der Waals surface area contributed by atoms with Crippen LogP contribution in [-0.4, -0.2) is 18.2 Å². The minimum atomic E-state index is 0.400. The molecule has 0 bridgehead atoms. The summed E-state index contributed by atoms with van der Waals surface area (Å²) < 4.78 is 0.828. The fraction of sp³-hybridized carbons (Fsp3) is 0.500. The third-order valence-electron chi connectivity index (χ3n) is 3.21. The summed E-state index contributed by atoms with van der Waals surface area (Å²) in [5, 5.41) is 13.3. The molecule has 1 aliphatic heterocycles. The van der Waals surface area contributed by atoms with Gasteiger partial charge in [-0.05, 0) is 65.4 Å². The monoisotopic (exact) mass is 269 g/mol. The lowest BCUT2D eigenvalue weighted by Crippen LogP contribution is -2.09. The lowest BCUT2D eigenvalue weighted by Gasteiger charge is -2.16. The number of hydrogen-bond donors (Lipinski definition) is 2. The molecule has 0 radical (unpaired) electrons. The van der Waals surface area contributed by atoms with Gasteiger partial charge in [0.25, 0.3) is 0 Å². The Morgan fingerprint density at radius 2 is 2.20 bits per heavy atom. The first-order chi connectivity index (χ1) is 7.11. The van der Waals surface area contributed by atoms with E-state index in [-0.39, 0.29) is 0 Å². The molecule has 1 saturated heterocycles. The number of rotatable bonds is 1. The minimum absolute atomic E-state index is 0.400. The fourth-order valence-corrected chi connectivity index (χ4v) is 2.65. The van der Waals surface area contributed by atoms with Gasteiger partial charge in [-0.1, -0.05) is 6.07 Å². The zero-order valence-corrected chi connectivity index (χ0v) is 10.7. The number of halogens is 1. The van der Waals surface area contributed by atoms with Crippen molar-refractivity contribution >= 4 is 15.9 Å². The largest absolute Gasteiger partial charge is 0.506 e. The molecular formula is C12H16BrNO. The number of benzene rings is 1. The van der Waals surface area contributed by atoms with E-state index < -0.39 is 0 Å². The third kappa shape index (κ3) is 1.91. The summed E-state index contributed by atoms with van der Waals surface area (Å²) in [5.74, 6) is 0.958. The highest BCUT2D eigenvalue weighted by Crippen LogP contribution is 2.37. The molecule has 2 nitrogen and oxygen atoms in total. The summed E-state index contributed by atoms with van der Waals surface area (Å²) >= 11 is 3.41. The van der Waals surface area contributed by atoms with Gasteiger partial charge in [-0.3, -0.25) is 0 Å². The van der Waals surface area contributed by atoms with Crippen molar-refractivity contribution in [2.45, 2.75) is 26.2 Å². The first-order valence-electron chi connectivity index (χ1n) is 5.30. The average molecular weight is 270 g/mol. The molecule has 1 aliphatic rings. The van der Waals surface area contributed by atoms with Crippen molar-refractivity contribution in [2.24, 2.45) is 0 Å². The van der Waals surface area contributed by atoms with Crippen LogP contribution in [0.2, 0.25) is 0 Å². The zero-order valence-electron chi connectivity index (χ0n) is 9.10. The second-order valence-corrected chi connectivity index (χ2v) is 5.05. The summed E-state index contributed by atoms with van der Waals surface area (Å²) in [7, 11) is 0. The maximum absolute atomic E-state index is 9.96. The van der Waals surface area contributed by atoms with Crippen molar-refractivity contribution in [3.05, 3.63) is 27.2 Å². The van der Waals surface area contributed by atoms with Crippen LogP contribution in [0, 0.1) is 13.8 Å². The smallest absolute Gasteiger partial charge is 0.133 e. The standard InChI is InChI=1S/C12H16BrNO/c1-7-5-10(9-3-4-14-6-9)8(2)12(15)11(7)13/h5,9,14-15H,3-4,6H2,1-2H3. The summed E-state index contributed by atoms with van der Waals surface area (Å²) in [4.78, 5) is 0. The highest BCUT2D eigenvalue weighted by molar-refractivity contribution is 9.10. The normalized spacial score (nSPS) is 20.9. The molecule has 82 valence electrons. The maximum atomic E-state index is 9.96. The number of aromatic hydroxyl groups is 1. The van der Waals surface area contributed by atoms with Gasteiger partial charge in [0.15, 0.2) is 0 Å². The van der Waals surface area contributed by atoms with Crippen LogP contribution in [0.3, 0.4) is 0 Å². The van der Waals surface area contributed by atoms with Gasteiger partial charge >= 0.3 is 0 Å². The number of hydrogen-bond acceptors (Lipinski definition) is 2. The molecular weight excluding hydrogens is 254 g/mol. The SMILES string of the molecule is Cc1cc(C2CCNC2)c(C)c(O)c1Br. The van der Waals surface area contributed by atoms with Crippen LogP contribution in [0.1, 0.15) is 29.0 Å². The minimum Gasteiger partial charge on any atom is -0.506 e. The van der Waals surface area contributed by atoms with Crippen molar-refractivity contribution < 1.29 is 5.11 Å². The van der Waals surface area contributed by atoms with Crippen LogP contribution in [-0.2, 0) is 0 Å². The van der Waals surface area contributed by atoms with Crippen LogP contribution in [0.15, 0.2) is 10.5 Å². The Kier molecular flexibility index (Phi) is 3.03. The number of aryl methyl sites for hydroxylation is 1. The predicted molar refractivity (Wildman–Crippen MR) is 65.5 cm³/mol. The zero-order chi connectivity index (χ0) is 11.0. The van der Waals surface area contributed by atoms with Crippen molar-refractivity contribution in [1.29, 1.82) is 0 Å². The topological polar surface area (TPSA) is 32.3 Å². The van der Waals surface area contributed by atoms with Crippen molar-refractivity contribution in [3.63, 3.8) is 0 Å². The van der Waals surface area contributed by atoms with Crippen LogP contribution < -0.4 is 5.32 Å². The molecule has 2 N–H and O–H groups in total. The molecule has 1 unspecified atom stereocenters. The quantitative estimate of drug-likeness (QED) is 0.822. The molecule has 1 atom stereocenters. The Morgan fingerprint density at radius 3 is 2.80 bits per heavy atom. The lowest BCUT2D eigenvalue weighted by molar-refractivity contribution is 0.465. The van der Waals surface area contributed by atoms with Gasteiger partial charge in [0.05, 0.1) is 4.47 Å². The van der Waals surface area contributed by atoms with Crippen LogP contribution in [0.5, 0.6) is 5.75 Å². The van der Waals surface area contributed by atoms with Gasteiger partial charge in [0.2, 0.25) is 0 Å². The van der Waals surface area contributed by atoms with Crippen molar-refractivity contribution in [2.75, 3.05) is 13.1 Å². The Labute approximate surface area is 98.8 Å². The van der Waals surface area contributed by atoms with E-state index in [1.54, 1.807) is 0 Å². The molecule has 0 spiro atoms. The van der Waals surface area contributed by atoms with Crippen LogP contribution in [0.25, 0.3) is 0 Å². The summed E-state index contributed by atoms with van der Waals surface area (Å²) in [6, 6.07) is 2.19. The van der Waals surface area contributed by atoms with Crippen molar-refractivity contribution in [1.82, 2.24) is 5.32 Å². The first kappa shape index (κ1) is 11.0. The fourth-order valence-electron chi connectivity index (χ4n) is 2.24. The Bertz CT molecular complexity index is 384. The molecule has 0 aliphatic carbocycles. The Hall–Kier alpha value is -0.540. The Balaban J connectivity index is 2.47. The third-order valence-corrected chi connectivity index (χ3v) is 4.22. The number of phenols is 1. The van der Waals surface area contributed by atoms with E-state index >= 15 is 0 Å². The molecule has 0 amide bonds. The van der Waals surface area contributed by atoms with Gasteiger partial charge in [-0.25, -0.2) is 0 Å². The van der Waals surface area contributed by atoms with Gasteiger partial charge in [-0.15, -0.1) is 0 Å². The second-order valence-electron chi connectivity index (χ2n) is 4.26. The highest BCUT2D eigenvalue weighted by atomic mass is 79.9. The van der Waals surface area contributed by atoms with Gasteiger partial charge in [-0.2, -0.15) is 0 Å². The van der Waals surface area contributed by atoms with E-state index in [0.29, 0.717) is 11.7 Å². The predicted octanol–water partition coefficient (Wildman–Crippen LogP) is 2.85. The molecule has 0 saturated carbocycles.